The zero-order chi connectivity index (χ0) is 20.1. The topological polar surface area (TPSA) is 154 Å². The Morgan fingerprint density at radius 2 is 2.04 bits per heavy atom. The quantitative estimate of drug-likeness (QED) is 0.546. The molecule has 0 aromatic carbocycles. The summed E-state index contributed by atoms with van der Waals surface area (Å²) in [6.45, 7) is 4.12. The van der Waals surface area contributed by atoms with E-state index in [9.17, 15) is 9.59 Å². The third-order valence-corrected chi connectivity index (χ3v) is 5.63. The van der Waals surface area contributed by atoms with E-state index in [4.69, 9.17) is 11.5 Å². The third kappa shape index (κ3) is 3.15. The van der Waals surface area contributed by atoms with Crippen molar-refractivity contribution in [1.29, 1.82) is 0 Å². The smallest absolute Gasteiger partial charge is 0.223 e. The van der Waals surface area contributed by atoms with Gasteiger partial charge in [-0.1, -0.05) is 13.8 Å². The first kappa shape index (κ1) is 18.2. The van der Waals surface area contributed by atoms with E-state index in [-0.39, 0.29) is 30.0 Å². The molecule has 28 heavy (non-hydrogen) atoms. The first-order valence-corrected chi connectivity index (χ1v) is 9.58. The summed E-state index contributed by atoms with van der Waals surface area (Å²) in [5, 5.41) is 9.64. The number of aromatic amines is 1. The van der Waals surface area contributed by atoms with Crippen LogP contribution in [0, 0.1) is 0 Å². The zero-order valence-electron chi connectivity index (χ0n) is 15.4. The lowest BCUT2D eigenvalue weighted by molar-refractivity contribution is -0.117. The summed E-state index contributed by atoms with van der Waals surface area (Å²) in [7, 11) is 0. The van der Waals surface area contributed by atoms with Gasteiger partial charge in [0.25, 0.3) is 0 Å². The van der Waals surface area contributed by atoms with Gasteiger partial charge in [-0.2, -0.15) is 5.10 Å². The van der Waals surface area contributed by atoms with Crippen molar-refractivity contribution >= 4 is 29.0 Å². The molecule has 144 valence electrons. The van der Waals surface area contributed by atoms with E-state index < -0.39 is 5.91 Å². The number of anilines is 1. The van der Waals surface area contributed by atoms with E-state index in [0.29, 0.717) is 34.2 Å². The van der Waals surface area contributed by atoms with Gasteiger partial charge in [-0.15, -0.1) is 11.3 Å². The Hall–Kier alpha value is -3.14. The molecule has 4 rings (SSSR count). The molecule has 0 unspecified atom stereocenters. The van der Waals surface area contributed by atoms with Crippen LogP contribution >= 0.6 is 11.3 Å². The van der Waals surface area contributed by atoms with Gasteiger partial charge < -0.3 is 11.5 Å². The number of Topliss-reactive ketones (excluding diaryl/α,β-unsaturated/α-hetero) is 1. The molecule has 0 saturated heterocycles. The van der Waals surface area contributed by atoms with Crippen molar-refractivity contribution in [3.63, 3.8) is 0 Å². The van der Waals surface area contributed by atoms with Crippen LogP contribution in [0.3, 0.4) is 0 Å². The molecular weight excluding hydrogens is 378 g/mol. The minimum absolute atomic E-state index is 0.0646. The fourth-order valence-corrected chi connectivity index (χ4v) is 4.40. The molecule has 0 spiro atoms. The van der Waals surface area contributed by atoms with Crippen LogP contribution in [0.1, 0.15) is 46.2 Å². The molecule has 3 heterocycles. The maximum Gasteiger partial charge on any atom is 0.223 e. The van der Waals surface area contributed by atoms with Crippen LogP contribution in [0.4, 0.5) is 5.95 Å². The molecular formula is C18H19N7O2S. The number of fused-ring (bicyclic) bond motifs is 3. The maximum atomic E-state index is 13.0. The molecule has 1 amide bonds. The summed E-state index contributed by atoms with van der Waals surface area (Å²) in [4.78, 5) is 36.7. The number of rotatable bonds is 5. The summed E-state index contributed by atoms with van der Waals surface area (Å²) in [6.07, 6.45) is 2.58. The normalized spacial score (nSPS) is 14.4. The van der Waals surface area contributed by atoms with Crippen molar-refractivity contribution in [1.82, 2.24) is 25.1 Å². The molecule has 9 nitrogen and oxygen atoms in total. The van der Waals surface area contributed by atoms with Crippen LogP contribution in [0.2, 0.25) is 0 Å². The van der Waals surface area contributed by atoms with Crippen LogP contribution in [0.5, 0.6) is 0 Å². The number of primary amides is 1. The number of nitrogens with one attached hydrogen (secondary N) is 1. The summed E-state index contributed by atoms with van der Waals surface area (Å²) in [5.41, 5.74) is 14.7. The Balaban J connectivity index is 1.68. The summed E-state index contributed by atoms with van der Waals surface area (Å²) in [6, 6.07) is 0. The molecule has 3 aromatic rings. The second-order valence-corrected chi connectivity index (χ2v) is 8.40. The number of H-pyrrole nitrogens is 1. The Morgan fingerprint density at radius 3 is 2.79 bits per heavy atom. The molecule has 0 bridgehead atoms. The van der Waals surface area contributed by atoms with Gasteiger partial charge in [-0.3, -0.25) is 14.7 Å². The highest BCUT2D eigenvalue weighted by molar-refractivity contribution is 7.09. The van der Waals surface area contributed by atoms with Gasteiger partial charge >= 0.3 is 0 Å². The lowest BCUT2D eigenvalue weighted by atomic mass is 9.73. The molecule has 1 aliphatic rings. The largest absolute Gasteiger partial charge is 0.369 e. The average molecular weight is 397 g/mol. The Labute approximate surface area is 164 Å². The second-order valence-electron chi connectivity index (χ2n) is 7.46. The van der Waals surface area contributed by atoms with Gasteiger partial charge in [0.05, 0.1) is 24.2 Å². The molecule has 0 aliphatic heterocycles. The van der Waals surface area contributed by atoms with Gasteiger partial charge in [-0.25, -0.2) is 15.0 Å². The fourth-order valence-electron chi connectivity index (χ4n) is 3.61. The van der Waals surface area contributed by atoms with Gasteiger partial charge in [0.2, 0.25) is 11.9 Å². The molecule has 0 radical (unpaired) electrons. The first-order chi connectivity index (χ1) is 13.2. The molecule has 10 heteroatoms. The number of amides is 1. The molecule has 0 fully saturated rings. The number of carbonyl (C=O) groups excluding carboxylic acids is 2. The van der Waals surface area contributed by atoms with Crippen LogP contribution in [-0.4, -0.2) is 36.8 Å². The SMILES string of the molecule is CC1(C)Cc2cnc(N)nc2-c2n[nH]c(C(=O)Cc3nc(CC(N)=O)cs3)c21. The highest BCUT2D eigenvalue weighted by Crippen LogP contribution is 2.42. The predicted molar refractivity (Wildman–Crippen MR) is 104 cm³/mol. The van der Waals surface area contributed by atoms with Crippen LogP contribution < -0.4 is 11.5 Å². The number of nitrogens with zero attached hydrogens (tertiary/aromatic N) is 4. The lowest BCUT2D eigenvalue weighted by Gasteiger charge is -2.30. The zero-order valence-corrected chi connectivity index (χ0v) is 16.3. The Bertz CT molecular complexity index is 1100. The lowest BCUT2D eigenvalue weighted by Crippen LogP contribution is -2.28. The third-order valence-electron chi connectivity index (χ3n) is 4.73. The Morgan fingerprint density at radius 1 is 1.25 bits per heavy atom. The standard InChI is InChI=1S/C18H19N7O2S/c1-18(2)5-8-6-21-17(20)23-14(8)16-13(18)15(24-25-16)10(26)4-12-22-9(7-28-12)3-11(19)27/h6-7H,3-5H2,1-2H3,(H2,19,27)(H,24,25)(H2,20,21,23). The van der Waals surface area contributed by atoms with E-state index >= 15 is 0 Å². The number of thiazole rings is 1. The van der Waals surface area contributed by atoms with Crippen molar-refractivity contribution in [2.45, 2.75) is 38.5 Å². The van der Waals surface area contributed by atoms with Crippen molar-refractivity contribution in [2.24, 2.45) is 5.73 Å². The van der Waals surface area contributed by atoms with Crippen molar-refractivity contribution in [3.8, 4) is 11.4 Å². The van der Waals surface area contributed by atoms with Crippen LogP contribution in [0.15, 0.2) is 11.6 Å². The predicted octanol–water partition coefficient (Wildman–Crippen LogP) is 1.19. The van der Waals surface area contributed by atoms with Gasteiger partial charge in [0.1, 0.15) is 16.4 Å². The molecule has 5 N–H and O–H groups in total. The van der Waals surface area contributed by atoms with E-state index in [1.165, 1.54) is 11.3 Å². The second kappa shape index (κ2) is 6.48. The number of ketones is 1. The monoisotopic (exact) mass is 397 g/mol. The van der Waals surface area contributed by atoms with E-state index in [1.54, 1.807) is 11.6 Å². The number of hydrogen-bond donors (Lipinski definition) is 3. The van der Waals surface area contributed by atoms with Gasteiger partial charge in [-0.05, 0) is 17.4 Å². The molecule has 3 aromatic heterocycles. The number of nitrogens with two attached hydrogens (primary N) is 2. The molecule has 0 atom stereocenters. The summed E-state index contributed by atoms with van der Waals surface area (Å²) >= 11 is 1.33. The van der Waals surface area contributed by atoms with E-state index in [2.05, 4.69) is 39.0 Å². The Kier molecular flexibility index (Phi) is 4.22. The fraction of sp³-hybridized carbons (Fsp3) is 0.333. The highest BCUT2D eigenvalue weighted by Gasteiger charge is 2.38. The van der Waals surface area contributed by atoms with E-state index in [0.717, 1.165) is 11.1 Å². The average Bonchev–Trinajstić information content (AvgIpc) is 3.22. The van der Waals surface area contributed by atoms with Crippen LogP contribution in [-0.2, 0) is 29.5 Å². The van der Waals surface area contributed by atoms with Crippen LogP contribution in [0.25, 0.3) is 11.4 Å². The minimum atomic E-state index is -0.451. The highest BCUT2D eigenvalue weighted by atomic mass is 32.1. The van der Waals surface area contributed by atoms with Crippen molar-refractivity contribution in [3.05, 3.63) is 39.1 Å². The van der Waals surface area contributed by atoms with E-state index in [1.807, 2.05) is 0 Å². The number of hydrogen-bond acceptors (Lipinski definition) is 8. The number of nitrogen functional groups attached to an aromatic ring is 1. The van der Waals surface area contributed by atoms with Gasteiger partial charge in [0.15, 0.2) is 5.78 Å². The number of carbonyl (C=O) groups is 2. The van der Waals surface area contributed by atoms with Gasteiger partial charge in [0, 0.05) is 17.1 Å². The number of aromatic nitrogens is 5. The summed E-state index contributed by atoms with van der Waals surface area (Å²) in [5.74, 6) is -0.398. The van der Waals surface area contributed by atoms with Crippen molar-refractivity contribution < 1.29 is 9.59 Å². The molecule has 0 saturated carbocycles. The molecule has 1 aliphatic carbocycles. The van der Waals surface area contributed by atoms with Crippen molar-refractivity contribution in [2.75, 3.05) is 5.73 Å². The summed E-state index contributed by atoms with van der Waals surface area (Å²) < 4.78 is 0. The first-order valence-electron chi connectivity index (χ1n) is 8.70. The maximum absolute atomic E-state index is 13.0. The minimum Gasteiger partial charge on any atom is -0.369 e.